The van der Waals surface area contributed by atoms with Crippen molar-refractivity contribution in [3.05, 3.63) is 73.3 Å². The van der Waals surface area contributed by atoms with Crippen LogP contribution in [0.3, 0.4) is 0 Å². The van der Waals surface area contributed by atoms with E-state index in [1.807, 2.05) is 0 Å². The van der Waals surface area contributed by atoms with Crippen molar-refractivity contribution < 1.29 is 9.34 Å². The van der Waals surface area contributed by atoms with E-state index in [4.69, 9.17) is 4.42 Å². The van der Waals surface area contributed by atoms with E-state index in [0.29, 0.717) is 15.4 Å². The fourth-order valence-corrected chi connectivity index (χ4v) is 2.65. The van der Waals surface area contributed by atoms with E-state index in [1.165, 1.54) is 6.07 Å². The highest BCUT2D eigenvalue weighted by atomic mass is 79.9. The molecular weight excluding hydrogens is 338 g/mol. The zero-order chi connectivity index (χ0) is 15.0. The number of benzene rings is 2. The van der Waals surface area contributed by atoms with E-state index in [0.717, 1.165) is 0 Å². The van der Waals surface area contributed by atoms with Crippen molar-refractivity contribution in [3.63, 3.8) is 0 Å². The molecule has 0 radical (unpaired) electrons. The van der Waals surface area contributed by atoms with Crippen molar-refractivity contribution in [2.45, 2.75) is 0 Å². The first-order valence-corrected chi connectivity index (χ1v) is 6.83. The molecule has 0 unspecified atom stereocenters. The van der Waals surface area contributed by atoms with Crippen molar-refractivity contribution in [3.8, 4) is 11.3 Å². The lowest BCUT2D eigenvalue weighted by atomic mass is 10.1. The van der Waals surface area contributed by atoms with Crippen LogP contribution >= 0.6 is 15.9 Å². The third kappa shape index (κ3) is 2.34. The third-order valence-electron chi connectivity index (χ3n) is 3.07. The molecule has 0 atom stereocenters. The molecular formula is C15H8BrNO4. The van der Waals surface area contributed by atoms with Gasteiger partial charge in [0.1, 0.15) is 11.3 Å². The molecule has 3 aromatic rings. The van der Waals surface area contributed by atoms with E-state index >= 15 is 0 Å². The van der Waals surface area contributed by atoms with Crippen molar-refractivity contribution in [1.82, 2.24) is 0 Å². The molecule has 1 heterocycles. The lowest BCUT2D eigenvalue weighted by Gasteiger charge is -2.05. The monoisotopic (exact) mass is 345 g/mol. The number of nitrogens with zero attached hydrogens (tertiary/aromatic N) is 1. The summed E-state index contributed by atoms with van der Waals surface area (Å²) in [5.74, 6) is 0.173. The highest BCUT2D eigenvalue weighted by molar-refractivity contribution is 9.10. The number of rotatable bonds is 2. The van der Waals surface area contributed by atoms with Crippen LogP contribution in [0.4, 0.5) is 5.69 Å². The number of hydrogen-bond donors (Lipinski definition) is 0. The van der Waals surface area contributed by atoms with Crippen LogP contribution in [0.25, 0.3) is 22.3 Å². The lowest BCUT2D eigenvalue weighted by molar-refractivity contribution is -0.385. The molecule has 3 rings (SSSR count). The number of hydrogen-bond acceptors (Lipinski definition) is 4. The van der Waals surface area contributed by atoms with Crippen molar-refractivity contribution in [1.29, 1.82) is 0 Å². The van der Waals surface area contributed by atoms with Crippen LogP contribution in [0.1, 0.15) is 0 Å². The van der Waals surface area contributed by atoms with E-state index in [1.54, 1.807) is 42.5 Å². The van der Waals surface area contributed by atoms with Crippen LogP contribution < -0.4 is 5.43 Å². The minimum Gasteiger partial charge on any atom is -0.456 e. The molecule has 0 saturated heterocycles. The number of fused-ring (bicyclic) bond motifs is 1. The average molecular weight is 346 g/mol. The zero-order valence-electron chi connectivity index (χ0n) is 10.6. The van der Waals surface area contributed by atoms with Gasteiger partial charge in [-0.05, 0) is 40.2 Å². The van der Waals surface area contributed by atoms with Crippen LogP contribution in [-0.2, 0) is 0 Å². The van der Waals surface area contributed by atoms with Gasteiger partial charge >= 0.3 is 0 Å². The topological polar surface area (TPSA) is 73.3 Å². The van der Waals surface area contributed by atoms with Crippen LogP contribution in [-0.4, -0.2) is 4.92 Å². The largest absolute Gasteiger partial charge is 0.456 e. The van der Waals surface area contributed by atoms with Gasteiger partial charge < -0.3 is 4.42 Å². The van der Waals surface area contributed by atoms with E-state index in [-0.39, 0.29) is 22.4 Å². The molecule has 0 N–H and O–H groups in total. The van der Waals surface area contributed by atoms with Gasteiger partial charge in [-0.3, -0.25) is 14.9 Å². The van der Waals surface area contributed by atoms with Gasteiger partial charge in [0, 0.05) is 6.07 Å². The summed E-state index contributed by atoms with van der Waals surface area (Å²) in [6, 6.07) is 12.8. The summed E-state index contributed by atoms with van der Waals surface area (Å²) in [6.07, 6.45) is 0. The number of nitro groups is 1. The molecule has 0 saturated carbocycles. The molecule has 0 aliphatic heterocycles. The van der Waals surface area contributed by atoms with Gasteiger partial charge in [0.2, 0.25) is 0 Å². The predicted molar refractivity (Wildman–Crippen MR) is 82.3 cm³/mol. The molecule has 6 heteroatoms. The first-order chi connectivity index (χ1) is 10.1. The number of halogens is 1. The van der Waals surface area contributed by atoms with Crippen molar-refractivity contribution in [2.75, 3.05) is 0 Å². The first-order valence-electron chi connectivity index (χ1n) is 6.04. The Hall–Kier alpha value is -2.47. The molecule has 0 aliphatic carbocycles. The Bertz CT molecular complexity index is 917. The second kappa shape index (κ2) is 5.14. The summed E-state index contributed by atoms with van der Waals surface area (Å²) in [7, 11) is 0. The normalized spacial score (nSPS) is 10.7. The predicted octanol–water partition coefficient (Wildman–Crippen LogP) is 4.13. The number of para-hydroxylation sites is 2. The Labute approximate surface area is 127 Å². The van der Waals surface area contributed by atoms with Gasteiger partial charge in [-0.25, -0.2) is 0 Å². The summed E-state index contributed by atoms with van der Waals surface area (Å²) in [6.45, 7) is 0. The Kier molecular flexibility index (Phi) is 3.31. The molecule has 0 aliphatic rings. The van der Waals surface area contributed by atoms with Crippen LogP contribution in [0.2, 0.25) is 0 Å². The maximum absolute atomic E-state index is 12.1. The highest BCUT2D eigenvalue weighted by Crippen LogP contribution is 2.36. The van der Waals surface area contributed by atoms with Crippen LogP contribution in [0.5, 0.6) is 0 Å². The summed E-state index contributed by atoms with van der Waals surface area (Å²) >= 11 is 3.15. The maximum Gasteiger partial charge on any atom is 0.294 e. The average Bonchev–Trinajstić information content (AvgIpc) is 2.46. The molecule has 0 spiro atoms. The number of nitro benzene ring substituents is 1. The summed E-state index contributed by atoms with van der Waals surface area (Å²) in [4.78, 5) is 22.8. The minimum absolute atomic E-state index is 0.129. The van der Waals surface area contributed by atoms with Crippen molar-refractivity contribution >= 4 is 32.6 Å². The standard InChI is InChI=1S/C15H8BrNO4/c16-11-6-3-5-10(15(11)17(19)20)14-8-12(18)9-4-1-2-7-13(9)21-14/h1-8H. The minimum atomic E-state index is -0.505. The third-order valence-corrected chi connectivity index (χ3v) is 3.71. The lowest BCUT2D eigenvalue weighted by Crippen LogP contribution is -2.01. The zero-order valence-corrected chi connectivity index (χ0v) is 12.2. The molecule has 104 valence electrons. The maximum atomic E-state index is 12.1. The Balaban J connectivity index is 2.34. The van der Waals surface area contributed by atoms with E-state index in [9.17, 15) is 14.9 Å². The Morgan fingerprint density at radius 2 is 1.86 bits per heavy atom. The SMILES string of the molecule is O=c1cc(-c2cccc(Br)c2[N+](=O)[O-])oc2ccccc12. The van der Waals surface area contributed by atoms with Gasteiger partial charge in [-0.2, -0.15) is 0 Å². The molecule has 1 aromatic heterocycles. The fraction of sp³-hybridized carbons (Fsp3) is 0. The van der Waals surface area contributed by atoms with Gasteiger partial charge in [-0.15, -0.1) is 0 Å². The Morgan fingerprint density at radius 1 is 1.10 bits per heavy atom. The quantitative estimate of drug-likeness (QED) is 0.517. The summed E-state index contributed by atoms with van der Waals surface area (Å²) in [5, 5.41) is 11.7. The summed E-state index contributed by atoms with van der Waals surface area (Å²) < 4.78 is 5.98. The van der Waals surface area contributed by atoms with Crippen molar-refractivity contribution in [2.24, 2.45) is 0 Å². The molecule has 0 bridgehead atoms. The highest BCUT2D eigenvalue weighted by Gasteiger charge is 2.21. The second-order valence-electron chi connectivity index (χ2n) is 4.36. The second-order valence-corrected chi connectivity index (χ2v) is 5.22. The Morgan fingerprint density at radius 3 is 2.62 bits per heavy atom. The van der Waals surface area contributed by atoms with Gasteiger partial charge in [0.15, 0.2) is 5.43 Å². The van der Waals surface area contributed by atoms with Gasteiger partial charge in [0.05, 0.1) is 20.3 Å². The fourth-order valence-electron chi connectivity index (χ4n) is 2.14. The molecule has 5 nitrogen and oxygen atoms in total. The molecule has 2 aromatic carbocycles. The molecule has 0 fully saturated rings. The van der Waals surface area contributed by atoms with Crippen LogP contribution in [0, 0.1) is 10.1 Å². The first kappa shape index (κ1) is 13.5. The van der Waals surface area contributed by atoms with Crippen LogP contribution in [0.15, 0.2) is 62.2 Å². The van der Waals surface area contributed by atoms with Gasteiger partial charge in [0.25, 0.3) is 5.69 Å². The summed E-state index contributed by atoms with van der Waals surface area (Å²) in [5.41, 5.74) is 0.295. The molecule has 0 amide bonds. The van der Waals surface area contributed by atoms with E-state index < -0.39 is 4.92 Å². The molecule has 21 heavy (non-hydrogen) atoms. The van der Waals surface area contributed by atoms with E-state index in [2.05, 4.69) is 15.9 Å². The smallest absolute Gasteiger partial charge is 0.294 e. The van der Waals surface area contributed by atoms with Gasteiger partial charge in [-0.1, -0.05) is 18.2 Å².